The quantitative estimate of drug-likeness (QED) is 0.269. The molecule has 40 heavy (non-hydrogen) atoms. The molecule has 2 N–H and O–H groups in total. The maximum Gasteiger partial charge on any atom is 0.247 e. The molecule has 208 valence electrons. The molecule has 2 aromatic carbocycles. The summed E-state index contributed by atoms with van der Waals surface area (Å²) in [7, 11) is 7.67. The monoisotopic (exact) mass is 539 g/mol. The summed E-state index contributed by atoms with van der Waals surface area (Å²) in [5, 5.41) is 7.48. The van der Waals surface area contributed by atoms with Gasteiger partial charge in [-0.3, -0.25) is 4.79 Å². The zero-order valence-corrected chi connectivity index (χ0v) is 23.9. The Morgan fingerprint density at radius 2 is 1.98 bits per heavy atom. The topological polar surface area (TPSA) is 87.5 Å². The van der Waals surface area contributed by atoms with Gasteiger partial charge in [0.25, 0.3) is 0 Å². The molecule has 9 nitrogen and oxygen atoms in total. The van der Waals surface area contributed by atoms with E-state index in [1.807, 2.05) is 39.3 Å². The average Bonchev–Trinajstić information content (AvgIpc) is 3.46. The van der Waals surface area contributed by atoms with E-state index in [9.17, 15) is 4.79 Å². The van der Waals surface area contributed by atoms with Crippen LogP contribution >= 0.6 is 0 Å². The van der Waals surface area contributed by atoms with E-state index >= 15 is 0 Å². The summed E-state index contributed by atoms with van der Waals surface area (Å²) in [6.07, 6.45) is 4.05. The van der Waals surface area contributed by atoms with Gasteiger partial charge in [0, 0.05) is 61.1 Å². The normalized spacial score (nSPS) is 14.3. The third-order valence-corrected chi connectivity index (χ3v) is 7.33. The number of rotatable bonds is 10. The zero-order valence-electron chi connectivity index (χ0n) is 23.9. The number of anilines is 4. The molecule has 0 aliphatic carbocycles. The van der Waals surface area contributed by atoms with Crippen LogP contribution < -0.4 is 20.3 Å². The van der Waals surface area contributed by atoms with Crippen LogP contribution in [-0.2, 0) is 17.8 Å². The number of nitrogens with zero attached hydrogens (tertiary/aromatic N) is 5. The SMILES string of the molecule is C=CC(=O)Nc1cc(Nc2nccc(-c3c4n(c5ccccc35)CC(C)C4)n2)c(OC)cc1N(C)CCN(C)C. The molecule has 1 aliphatic heterocycles. The molecule has 1 amide bonds. The number of amides is 1. The van der Waals surface area contributed by atoms with E-state index < -0.39 is 0 Å². The first-order chi connectivity index (χ1) is 19.3. The lowest BCUT2D eigenvalue weighted by molar-refractivity contribution is -0.111. The van der Waals surface area contributed by atoms with E-state index in [0.717, 1.165) is 43.0 Å². The van der Waals surface area contributed by atoms with Crippen LogP contribution in [0.15, 0.2) is 61.3 Å². The van der Waals surface area contributed by atoms with Gasteiger partial charge in [-0.1, -0.05) is 31.7 Å². The van der Waals surface area contributed by atoms with Crippen LogP contribution in [0.4, 0.5) is 23.0 Å². The van der Waals surface area contributed by atoms with E-state index in [4.69, 9.17) is 9.72 Å². The van der Waals surface area contributed by atoms with Gasteiger partial charge in [0.2, 0.25) is 11.9 Å². The Morgan fingerprint density at radius 1 is 1.18 bits per heavy atom. The van der Waals surface area contributed by atoms with Crippen LogP contribution in [0.1, 0.15) is 12.6 Å². The Labute approximate surface area is 235 Å². The summed E-state index contributed by atoms with van der Waals surface area (Å²) in [6.45, 7) is 8.52. The maximum atomic E-state index is 12.3. The van der Waals surface area contributed by atoms with Crippen molar-refractivity contribution in [3.63, 3.8) is 0 Å². The molecule has 0 saturated heterocycles. The van der Waals surface area contributed by atoms with E-state index in [1.54, 1.807) is 13.3 Å². The van der Waals surface area contributed by atoms with Gasteiger partial charge in [-0.2, -0.15) is 0 Å². The fraction of sp³-hybridized carbons (Fsp3) is 0.323. The molecule has 4 aromatic rings. The fourth-order valence-electron chi connectivity index (χ4n) is 5.35. The Hall–Kier alpha value is -4.37. The minimum Gasteiger partial charge on any atom is -0.494 e. The van der Waals surface area contributed by atoms with Gasteiger partial charge in [0.15, 0.2) is 0 Å². The van der Waals surface area contributed by atoms with E-state index in [2.05, 4.69) is 67.8 Å². The smallest absolute Gasteiger partial charge is 0.247 e. The second-order valence-electron chi connectivity index (χ2n) is 10.6. The van der Waals surface area contributed by atoms with Crippen molar-refractivity contribution in [1.82, 2.24) is 19.4 Å². The second-order valence-corrected chi connectivity index (χ2v) is 10.6. The highest BCUT2D eigenvalue weighted by Gasteiger charge is 2.26. The van der Waals surface area contributed by atoms with Gasteiger partial charge in [-0.25, -0.2) is 9.97 Å². The molecule has 5 rings (SSSR count). The predicted molar refractivity (Wildman–Crippen MR) is 163 cm³/mol. The van der Waals surface area contributed by atoms with Gasteiger partial charge >= 0.3 is 0 Å². The van der Waals surface area contributed by atoms with Gasteiger partial charge in [0.1, 0.15) is 5.75 Å². The lowest BCUT2D eigenvalue weighted by atomic mass is 10.0. The van der Waals surface area contributed by atoms with E-state index in [0.29, 0.717) is 29.0 Å². The number of benzene rings is 2. The standard InChI is InChI=1S/C31H37N7O2/c1-7-29(39)33-23-17-24(28(40-6)18-26(23)37(5)15-14-36(3)4)35-31-32-13-12-22(34-31)30-21-10-8-9-11-25(21)38-19-20(2)16-27(30)38/h7-13,17-18,20H,1,14-16,19H2,2-6H3,(H,33,39)(H,32,34,35). The van der Waals surface area contributed by atoms with Gasteiger partial charge in [-0.05, 0) is 50.7 Å². The summed E-state index contributed by atoms with van der Waals surface area (Å²) in [5.41, 5.74) is 6.70. The van der Waals surface area contributed by atoms with Gasteiger partial charge in [-0.15, -0.1) is 0 Å². The molecule has 0 spiro atoms. The van der Waals surface area contributed by atoms with Crippen molar-refractivity contribution >= 4 is 39.8 Å². The Bertz CT molecular complexity index is 1560. The summed E-state index contributed by atoms with van der Waals surface area (Å²) in [6, 6.07) is 14.2. The molecule has 9 heteroatoms. The second kappa shape index (κ2) is 11.4. The third kappa shape index (κ3) is 5.37. The highest BCUT2D eigenvalue weighted by Crippen LogP contribution is 2.41. The minimum atomic E-state index is -0.291. The van der Waals surface area contributed by atoms with E-state index in [1.165, 1.54) is 22.7 Å². The highest BCUT2D eigenvalue weighted by atomic mass is 16.5. The molecule has 1 unspecified atom stereocenters. The number of carbonyl (C=O) groups excluding carboxylic acids is 1. The number of hydrogen-bond acceptors (Lipinski definition) is 7. The number of likely N-dealkylation sites (N-methyl/N-ethyl adjacent to an activating group) is 2. The van der Waals surface area contributed by atoms with Crippen molar-refractivity contribution in [1.29, 1.82) is 0 Å². The maximum absolute atomic E-state index is 12.3. The van der Waals surface area contributed by atoms with Crippen molar-refractivity contribution in [2.75, 3.05) is 56.9 Å². The first-order valence-electron chi connectivity index (χ1n) is 13.5. The summed E-state index contributed by atoms with van der Waals surface area (Å²) >= 11 is 0. The molecule has 1 atom stereocenters. The third-order valence-electron chi connectivity index (χ3n) is 7.33. The molecular weight excluding hydrogens is 502 g/mol. The van der Waals surface area contributed by atoms with Crippen molar-refractivity contribution in [2.24, 2.45) is 5.92 Å². The number of nitrogens with one attached hydrogen (secondary N) is 2. The zero-order chi connectivity index (χ0) is 28.4. The van der Waals surface area contributed by atoms with Crippen LogP contribution in [0.25, 0.3) is 22.2 Å². The minimum absolute atomic E-state index is 0.291. The number of para-hydroxylation sites is 1. The largest absolute Gasteiger partial charge is 0.494 e. The number of carbonyl (C=O) groups is 1. The lowest BCUT2D eigenvalue weighted by Crippen LogP contribution is -2.29. The first-order valence-corrected chi connectivity index (χ1v) is 13.5. The molecular formula is C31H37N7O2. The van der Waals surface area contributed by atoms with Crippen molar-refractivity contribution in [3.8, 4) is 17.0 Å². The molecule has 0 saturated carbocycles. The van der Waals surface area contributed by atoms with Crippen molar-refractivity contribution in [2.45, 2.75) is 19.9 Å². The number of hydrogen-bond donors (Lipinski definition) is 2. The number of methoxy groups -OCH3 is 1. The van der Waals surface area contributed by atoms with Crippen LogP contribution in [0.2, 0.25) is 0 Å². The number of fused-ring (bicyclic) bond motifs is 3. The summed E-state index contributed by atoms with van der Waals surface area (Å²) < 4.78 is 8.19. The predicted octanol–water partition coefficient (Wildman–Crippen LogP) is 5.17. The highest BCUT2D eigenvalue weighted by molar-refractivity contribution is 6.02. The average molecular weight is 540 g/mol. The Morgan fingerprint density at radius 3 is 2.73 bits per heavy atom. The molecule has 1 aliphatic rings. The molecule has 0 fully saturated rings. The van der Waals surface area contributed by atoms with Crippen LogP contribution in [-0.4, -0.2) is 66.7 Å². The van der Waals surface area contributed by atoms with E-state index in [-0.39, 0.29) is 5.91 Å². The van der Waals surface area contributed by atoms with Crippen LogP contribution in [0.3, 0.4) is 0 Å². The molecule has 0 bridgehead atoms. The fourth-order valence-corrected chi connectivity index (χ4v) is 5.35. The lowest BCUT2D eigenvalue weighted by Gasteiger charge is -2.26. The summed E-state index contributed by atoms with van der Waals surface area (Å²) in [4.78, 5) is 26.0. The van der Waals surface area contributed by atoms with Gasteiger partial charge in [0.05, 0.1) is 29.9 Å². The van der Waals surface area contributed by atoms with Crippen molar-refractivity contribution < 1.29 is 9.53 Å². The molecule has 2 aromatic heterocycles. The molecule has 3 heterocycles. The Kier molecular flexibility index (Phi) is 7.75. The number of aromatic nitrogens is 3. The van der Waals surface area contributed by atoms with Crippen molar-refractivity contribution in [3.05, 3.63) is 67.0 Å². The van der Waals surface area contributed by atoms with Crippen LogP contribution in [0.5, 0.6) is 5.75 Å². The first kappa shape index (κ1) is 27.2. The van der Waals surface area contributed by atoms with Crippen LogP contribution in [0, 0.1) is 5.92 Å². The summed E-state index contributed by atoms with van der Waals surface area (Å²) in [5.74, 6) is 1.35. The Balaban J connectivity index is 1.53. The molecule has 0 radical (unpaired) electrons. The number of ether oxygens (including phenoxy) is 1. The van der Waals surface area contributed by atoms with Gasteiger partial charge < -0.3 is 29.7 Å².